The minimum Gasteiger partial charge on any atom is -0.380 e. The van der Waals surface area contributed by atoms with Crippen LogP contribution in [-0.2, 0) is 32.5 Å². The first-order valence-electron chi connectivity index (χ1n) is 21.3. The molecule has 19 heteroatoms. The van der Waals surface area contributed by atoms with Gasteiger partial charge in [0, 0.05) is 65.2 Å². The minimum atomic E-state index is -2.88. The molecule has 3 aliphatic heterocycles. The van der Waals surface area contributed by atoms with Gasteiger partial charge in [0.25, 0.3) is 12.3 Å². The quantitative estimate of drug-likeness (QED) is 0.184. The van der Waals surface area contributed by atoms with E-state index in [-0.39, 0.29) is 47.8 Å². The van der Waals surface area contributed by atoms with Crippen LogP contribution in [0.15, 0.2) is 47.7 Å². The molecule has 17 nitrogen and oxygen atoms in total. The Balaban J connectivity index is 0.797. The van der Waals surface area contributed by atoms with Crippen molar-refractivity contribution in [2.75, 3.05) is 62.8 Å². The van der Waals surface area contributed by atoms with Gasteiger partial charge in [-0.05, 0) is 75.0 Å². The predicted octanol–water partition coefficient (Wildman–Crippen LogP) is 4.04. The third-order valence-electron chi connectivity index (χ3n) is 12.7. The highest BCUT2D eigenvalue weighted by Crippen LogP contribution is 2.36. The van der Waals surface area contributed by atoms with Crippen molar-refractivity contribution in [2.24, 2.45) is 13.0 Å². The maximum atomic E-state index is 14.3. The van der Waals surface area contributed by atoms with Crippen LogP contribution in [0.1, 0.15) is 91.5 Å². The number of piperidine rings is 1. The third kappa shape index (κ3) is 8.42. The second kappa shape index (κ2) is 17.4. The van der Waals surface area contributed by atoms with Gasteiger partial charge in [-0.25, -0.2) is 23.1 Å². The van der Waals surface area contributed by atoms with E-state index in [1.54, 1.807) is 22.5 Å². The van der Waals surface area contributed by atoms with Crippen molar-refractivity contribution in [2.45, 2.75) is 82.4 Å². The molecule has 5 aromatic rings. The van der Waals surface area contributed by atoms with Crippen LogP contribution in [0.2, 0.25) is 0 Å². The normalized spacial score (nSPS) is 23.2. The third-order valence-corrected chi connectivity index (χ3v) is 12.7. The molecule has 0 spiro atoms. The van der Waals surface area contributed by atoms with E-state index in [9.17, 15) is 28.0 Å². The molecular weight excluding hydrogens is 793 g/mol. The standard InChI is InChI=1S/C42H51F2N11O6/c1-50-37-27(4-2-5-32(37)55(42(50)59)33-12-13-35(56)48-41(33)58)8-11-29-24-51(17-21-61-29)23-26-6-9-28(10-7-26)54-25-31(36(49-54)38(43)44)46-40(57)30-22-45-53-16-14-34(47-39(30)53)52-15-3-19-60-20-18-52/h2,4-5,14,16,22,25-26,28-29,33,38H,3,6-13,15,17-21,23-24H2,1H3,(H,46,57)(H,48,56,58)/t26-,28-,29-,33?/m0/s1. The predicted molar refractivity (Wildman–Crippen MR) is 220 cm³/mol. The summed E-state index contributed by atoms with van der Waals surface area (Å²) in [5, 5.41) is 13.6. The lowest BCUT2D eigenvalue weighted by atomic mass is 9.85. The van der Waals surface area contributed by atoms with Crippen LogP contribution >= 0.6 is 0 Å². The van der Waals surface area contributed by atoms with Crippen molar-refractivity contribution in [3.8, 4) is 0 Å². The summed E-state index contributed by atoms with van der Waals surface area (Å²) >= 11 is 0. The van der Waals surface area contributed by atoms with Crippen molar-refractivity contribution in [3.63, 3.8) is 0 Å². The maximum Gasteiger partial charge on any atom is 0.329 e. The van der Waals surface area contributed by atoms with Gasteiger partial charge >= 0.3 is 5.69 Å². The molecule has 0 radical (unpaired) electrons. The van der Waals surface area contributed by atoms with Crippen LogP contribution < -0.4 is 21.2 Å². The lowest BCUT2D eigenvalue weighted by molar-refractivity contribution is -0.135. The number of ether oxygens (including phenoxy) is 2. The number of hydrogen-bond donors (Lipinski definition) is 2. The Labute approximate surface area is 349 Å². The van der Waals surface area contributed by atoms with Crippen molar-refractivity contribution in [1.29, 1.82) is 0 Å². The number of aryl methyl sites for hydroxylation is 2. The average molecular weight is 844 g/mol. The molecule has 9 rings (SSSR count). The van der Waals surface area contributed by atoms with E-state index < -0.39 is 30.0 Å². The number of alkyl halides is 2. The molecule has 1 aliphatic carbocycles. The molecule has 2 N–H and O–H groups in total. The van der Waals surface area contributed by atoms with Crippen molar-refractivity contribution in [1.82, 2.24) is 43.7 Å². The second-order valence-corrected chi connectivity index (χ2v) is 16.7. The van der Waals surface area contributed by atoms with Gasteiger partial charge < -0.3 is 19.7 Å². The van der Waals surface area contributed by atoms with E-state index in [0.29, 0.717) is 55.7 Å². The van der Waals surface area contributed by atoms with Gasteiger partial charge in [-0.3, -0.25) is 38.4 Å². The summed E-state index contributed by atoms with van der Waals surface area (Å²) in [4.78, 5) is 60.6. The molecule has 324 valence electrons. The first kappa shape index (κ1) is 40.9. The Bertz CT molecular complexity index is 2480. The fourth-order valence-corrected chi connectivity index (χ4v) is 9.56. The Morgan fingerprint density at radius 3 is 2.70 bits per heavy atom. The molecule has 3 amide bonds. The van der Waals surface area contributed by atoms with Gasteiger partial charge in [0.15, 0.2) is 11.3 Å². The highest BCUT2D eigenvalue weighted by atomic mass is 19.3. The van der Waals surface area contributed by atoms with Gasteiger partial charge in [0.1, 0.15) is 17.4 Å². The largest absolute Gasteiger partial charge is 0.380 e. The molecular formula is C42H51F2N11O6. The Morgan fingerprint density at radius 2 is 1.89 bits per heavy atom. The molecule has 7 heterocycles. The number of aromatic nitrogens is 7. The Hall–Kier alpha value is -5.53. The number of imidazole rings is 1. The number of halogens is 2. The number of benzene rings is 1. The lowest BCUT2D eigenvalue weighted by Gasteiger charge is -2.37. The van der Waals surface area contributed by atoms with Crippen molar-refractivity contribution >= 4 is 45.9 Å². The Morgan fingerprint density at radius 1 is 1.03 bits per heavy atom. The van der Waals surface area contributed by atoms with Crippen LogP contribution in [0, 0.1) is 5.92 Å². The second-order valence-electron chi connectivity index (χ2n) is 16.7. The first-order chi connectivity index (χ1) is 29.6. The number of amides is 3. The molecule has 1 aromatic carbocycles. The number of nitrogens with zero attached hydrogens (tertiary/aromatic N) is 9. The number of imide groups is 1. The van der Waals surface area contributed by atoms with Crippen molar-refractivity contribution < 1.29 is 32.6 Å². The van der Waals surface area contributed by atoms with Gasteiger partial charge in [-0.15, -0.1) is 0 Å². The SMILES string of the molecule is Cn1c(=O)n(C2CCC(=O)NC2=O)c2cccc(CC[C@H]3CN(C[C@H]4CC[C@H](n5cc(NC(=O)c6cnn7ccc(N8CCCOCC8)nc67)c(C(F)F)n5)CC4)CCO3)c21. The zero-order valence-electron chi connectivity index (χ0n) is 34.2. The maximum absolute atomic E-state index is 14.3. The van der Waals surface area contributed by atoms with E-state index in [1.807, 2.05) is 24.3 Å². The van der Waals surface area contributed by atoms with Gasteiger partial charge in [-0.1, -0.05) is 12.1 Å². The monoisotopic (exact) mass is 843 g/mol. The minimum absolute atomic E-state index is 0.00741. The van der Waals surface area contributed by atoms with Crippen LogP contribution in [0.25, 0.3) is 16.7 Å². The lowest BCUT2D eigenvalue weighted by Crippen LogP contribution is -2.45. The Kier molecular flexibility index (Phi) is 11.7. The summed E-state index contributed by atoms with van der Waals surface area (Å²) in [6, 6.07) is 6.80. The summed E-state index contributed by atoms with van der Waals surface area (Å²) in [6.45, 7) is 5.83. The molecule has 4 aromatic heterocycles. The summed E-state index contributed by atoms with van der Waals surface area (Å²) in [5.74, 6) is -0.232. The molecule has 2 atom stereocenters. The molecule has 0 bridgehead atoms. The number of carbonyl (C=O) groups excluding carboxylic acids is 3. The summed E-state index contributed by atoms with van der Waals surface area (Å²) in [6.07, 6.45) is 7.95. The first-order valence-corrected chi connectivity index (χ1v) is 21.3. The number of anilines is 2. The highest BCUT2D eigenvalue weighted by Gasteiger charge is 2.33. The van der Waals surface area contributed by atoms with E-state index in [1.165, 1.54) is 21.5 Å². The topological polar surface area (TPSA) is 175 Å². The number of hydrogen-bond acceptors (Lipinski definition) is 11. The summed E-state index contributed by atoms with van der Waals surface area (Å²) in [5.41, 5.74) is 2.20. The molecule has 1 saturated carbocycles. The van der Waals surface area contributed by atoms with E-state index in [4.69, 9.17) is 14.5 Å². The fraction of sp³-hybridized carbons (Fsp3) is 0.548. The molecule has 3 saturated heterocycles. The van der Waals surface area contributed by atoms with Gasteiger partial charge in [0.2, 0.25) is 11.8 Å². The smallest absolute Gasteiger partial charge is 0.329 e. The number of para-hydroxylation sites is 1. The van der Waals surface area contributed by atoms with Crippen LogP contribution in [0.3, 0.4) is 0 Å². The van der Waals surface area contributed by atoms with E-state index in [2.05, 4.69) is 30.6 Å². The van der Waals surface area contributed by atoms with Crippen molar-refractivity contribution in [3.05, 3.63) is 70.2 Å². The summed E-state index contributed by atoms with van der Waals surface area (Å²) in [7, 11) is 1.72. The molecule has 4 fully saturated rings. The van der Waals surface area contributed by atoms with Gasteiger partial charge in [0.05, 0.1) is 48.3 Å². The molecule has 61 heavy (non-hydrogen) atoms. The van der Waals surface area contributed by atoms with Gasteiger partial charge in [-0.2, -0.15) is 10.2 Å². The number of morpholine rings is 1. The zero-order valence-corrected chi connectivity index (χ0v) is 34.2. The number of rotatable bonds is 11. The molecule has 1 unspecified atom stereocenters. The van der Waals surface area contributed by atoms with E-state index in [0.717, 1.165) is 75.8 Å². The average Bonchev–Trinajstić information content (AvgIpc) is 3.87. The number of fused-ring (bicyclic) bond motifs is 2. The summed E-state index contributed by atoms with van der Waals surface area (Å²) < 4.78 is 46.6. The van der Waals surface area contributed by atoms with Crippen LogP contribution in [-0.4, -0.2) is 115 Å². The highest BCUT2D eigenvalue weighted by molar-refractivity contribution is 6.08. The fourth-order valence-electron chi connectivity index (χ4n) is 9.56. The number of carbonyl (C=O) groups is 3. The van der Waals surface area contributed by atoms with Crippen LogP contribution in [0.5, 0.6) is 0 Å². The number of nitrogens with one attached hydrogen (secondary N) is 2. The van der Waals surface area contributed by atoms with Crippen LogP contribution in [0.4, 0.5) is 20.3 Å². The zero-order chi connectivity index (χ0) is 42.2. The van der Waals surface area contributed by atoms with E-state index >= 15 is 0 Å². The molecule has 4 aliphatic rings.